The number of ether oxygens (including phenoxy) is 2. The maximum absolute atomic E-state index is 12.4. The minimum absolute atomic E-state index is 0.255. The van der Waals surface area contributed by atoms with Crippen LogP contribution in [0.4, 0.5) is 4.79 Å². The van der Waals surface area contributed by atoms with E-state index in [2.05, 4.69) is 10.1 Å². The normalized spacial score (nSPS) is 22.1. The second-order valence-electron chi connectivity index (χ2n) is 5.23. The van der Waals surface area contributed by atoms with Crippen molar-refractivity contribution in [3.8, 4) is 0 Å². The van der Waals surface area contributed by atoms with E-state index in [0.29, 0.717) is 18.6 Å². The van der Waals surface area contributed by atoms with E-state index in [-0.39, 0.29) is 12.2 Å². The molecule has 0 aliphatic heterocycles. The molecule has 7 nitrogen and oxygen atoms in total. The summed E-state index contributed by atoms with van der Waals surface area (Å²) in [6.45, 7) is 0. The number of hydrogen-bond donors (Lipinski definition) is 1. The van der Waals surface area contributed by atoms with Gasteiger partial charge in [0.2, 0.25) is 0 Å². The molecule has 1 N–H and O–H groups in total. The van der Waals surface area contributed by atoms with Crippen LogP contribution in [0.1, 0.15) is 25.0 Å². The number of methoxy groups -OCH3 is 2. The fraction of sp³-hybridized carbons (Fsp3) is 0.438. The van der Waals surface area contributed by atoms with Gasteiger partial charge in [-0.05, 0) is 31.1 Å². The van der Waals surface area contributed by atoms with Crippen molar-refractivity contribution in [2.24, 2.45) is 5.41 Å². The summed E-state index contributed by atoms with van der Waals surface area (Å²) in [5.41, 5.74) is -1.44. The Kier molecular flexibility index (Phi) is 5.20. The molecule has 23 heavy (non-hydrogen) atoms. The number of carbonyl (C=O) groups excluding carboxylic acids is 3. The van der Waals surface area contributed by atoms with E-state index in [1.807, 2.05) is 0 Å². The van der Waals surface area contributed by atoms with Crippen molar-refractivity contribution < 1.29 is 28.3 Å². The van der Waals surface area contributed by atoms with Crippen LogP contribution in [0.3, 0.4) is 0 Å². The summed E-state index contributed by atoms with van der Waals surface area (Å²) < 4.78 is 14.6. The van der Waals surface area contributed by atoms with E-state index in [9.17, 15) is 14.4 Å². The molecule has 2 atom stereocenters. The Hall–Kier alpha value is -2.57. The molecular weight excluding hydrogens is 302 g/mol. The van der Waals surface area contributed by atoms with Gasteiger partial charge in [0.05, 0.1) is 26.5 Å². The van der Waals surface area contributed by atoms with Crippen molar-refractivity contribution in [2.45, 2.75) is 25.3 Å². The van der Waals surface area contributed by atoms with E-state index in [4.69, 9.17) is 9.15 Å². The van der Waals surface area contributed by atoms with Gasteiger partial charge in [-0.3, -0.25) is 9.59 Å². The van der Waals surface area contributed by atoms with Crippen LogP contribution in [0, 0.1) is 5.41 Å². The number of Topliss-reactive ketones (excluding diaryl/α,β-unsaturated/α-hetero) is 1. The van der Waals surface area contributed by atoms with Crippen LogP contribution in [0.25, 0.3) is 6.08 Å². The average Bonchev–Trinajstić information content (AvgIpc) is 3.20. The molecule has 0 unspecified atom stereocenters. The standard InChI is InChI=1S/C16H19NO6/c1-21-14(19)16(9-3-6-13(16)18)12(17-15(20)22-2)8-7-11-5-4-10-23-11/h4-5,7-8,10,12H,3,6,9H2,1-2H3,(H,17,20)/b8-7+/t12-,16+/m0/s1. The molecule has 1 saturated carbocycles. The zero-order valence-electron chi connectivity index (χ0n) is 13.0. The van der Waals surface area contributed by atoms with Crippen LogP contribution in [0.5, 0.6) is 0 Å². The summed E-state index contributed by atoms with van der Waals surface area (Å²) in [5, 5.41) is 2.55. The summed E-state index contributed by atoms with van der Waals surface area (Å²) in [5.74, 6) is -0.382. The van der Waals surface area contributed by atoms with E-state index >= 15 is 0 Å². The van der Waals surface area contributed by atoms with Gasteiger partial charge in [-0.2, -0.15) is 0 Å². The van der Waals surface area contributed by atoms with Gasteiger partial charge in [0.1, 0.15) is 11.2 Å². The lowest BCUT2D eigenvalue weighted by Gasteiger charge is -2.31. The van der Waals surface area contributed by atoms with Gasteiger partial charge >= 0.3 is 12.1 Å². The van der Waals surface area contributed by atoms with Gasteiger partial charge in [0, 0.05) is 6.42 Å². The van der Waals surface area contributed by atoms with Crippen molar-refractivity contribution in [1.82, 2.24) is 5.32 Å². The second kappa shape index (κ2) is 7.13. The molecule has 0 bridgehead atoms. The average molecular weight is 321 g/mol. The Morgan fingerprint density at radius 2 is 2.17 bits per heavy atom. The molecule has 0 spiro atoms. The topological polar surface area (TPSA) is 94.8 Å². The number of alkyl carbamates (subject to hydrolysis) is 1. The molecule has 1 aromatic heterocycles. The molecule has 2 rings (SSSR count). The third-order valence-electron chi connectivity index (χ3n) is 4.01. The highest BCUT2D eigenvalue weighted by atomic mass is 16.5. The molecule has 1 amide bonds. The zero-order valence-corrected chi connectivity index (χ0v) is 13.0. The van der Waals surface area contributed by atoms with Crippen LogP contribution in [-0.4, -0.2) is 38.1 Å². The molecule has 0 saturated heterocycles. The molecule has 0 radical (unpaired) electrons. The van der Waals surface area contributed by atoms with Crippen molar-refractivity contribution >= 4 is 23.9 Å². The van der Waals surface area contributed by atoms with Crippen LogP contribution < -0.4 is 5.32 Å². The molecule has 0 aromatic carbocycles. The highest BCUT2D eigenvalue weighted by molar-refractivity contribution is 6.06. The largest absolute Gasteiger partial charge is 0.468 e. The maximum Gasteiger partial charge on any atom is 0.407 e. The number of nitrogens with one attached hydrogen (secondary N) is 1. The first kappa shape index (κ1) is 16.8. The molecule has 7 heteroatoms. The predicted molar refractivity (Wildman–Crippen MR) is 80.4 cm³/mol. The quantitative estimate of drug-likeness (QED) is 0.658. The Morgan fingerprint density at radius 1 is 1.39 bits per heavy atom. The Bertz CT molecular complexity index is 606. The first-order valence-corrected chi connectivity index (χ1v) is 7.22. The Labute approximate surface area is 133 Å². The minimum atomic E-state index is -1.44. The van der Waals surface area contributed by atoms with Crippen LogP contribution in [-0.2, 0) is 19.1 Å². The SMILES string of the molecule is COC(=O)N[C@@H](/C=C/c1ccco1)[C@]1(C(=O)OC)CCCC1=O. The van der Waals surface area contributed by atoms with Gasteiger partial charge < -0.3 is 19.2 Å². The summed E-state index contributed by atoms with van der Waals surface area (Å²) in [6.07, 6.45) is 5.04. The summed E-state index contributed by atoms with van der Waals surface area (Å²) >= 11 is 0. The fourth-order valence-corrected chi connectivity index (χ4v) is 2.84. The first-order chi connectivity index (χ1) is 11.0. The third kappa shape index (κ3) is 3.28. The first-order valence-electron chi connectivity index (χ1n) is 7.22. The minimum Gasteiger partial charge on any atom is -0.468 e. The number of carbonyl (C=O) groups is 3. The summed E-state index contributed by atoms with van der Waals surface area (Å²) in [7, 11) is 2.44. The van der Waals surface area contributed by atoms with E-state index < -0.39 is 23.5 Å². The van der Waals surface area contributed by atoms with Gasteiger partial charge in [-0.25, -0.2) is 4.79 Å². The lowest BCUT2D eigenvalue weighted by atomic mass is 9.77. The zero-order chi connectivity index (χ0) is 16.9. The number of amides is 1. The molecule has 1 fully saturated rings. The maximum atomic E-state index is 12.4. The van der Waals surface area contributed by atoms with Crippen molar-refractivity contribution in [1.29, 1.82) is 0 Å². The molecule has 1 aliphatic rings. The highest BCUT2D eigenvalue weighted by Gasteiger charge is 2.55. The summed E-state index contributed by atoms with van der Waals surface area (Å²) in [4.78, 5) is 36.4. The number of esters is 1. The number of rotatable bonds is 5. The van der Waals surface area contributed by atoms with E-state index in [1.165, 1.54) is 20.5 Å². The van der Waals surface area contributed by atoms with Gasteiger partial charge in [0.15, 0.2) is 5.78 Å². The van der Waals surface area contributed by atoms with Crippen molar-refractivity contribution in [2.75, 3.05) is 14.2 Å². The molecular formula is C16H19NO6. The van der Waals surface area contributed by atoms with Gasteiger partial charge in [-0.15, -0.1) is 0 Å². The number of hydrogen-bond acceptors (Lipinski definition) is 6. The number of ketones is 1. The van der Waals surface area contributed by atoms with Gasteiger partial charge in [-0.1, -0.05) is 6.08 Å². The number of furan rings is 1. The van der Waals surface area contributed by atoms with Crippen molar-refractivity contribution in [3.05, 3.63) is 30.2 Å². The highest BCUT2D eigenvalue weighted by Crippen LogP contribution is 2.40. The predicted octanol–water partition coefficient (Wildman–Crippen LogP) is 1.93. The Morgan fingerprint density at radius 3 is 2.70 bits per heavy atom. The Balaban J connectivity index is 2.38. The van der Waals surface area contributed by atoms with E-state index in [1.54, 1.807) is 24.3 Å². The summed E-state index contributed by atoms with van der Waals surface area (Å²) in [6, 6.07) is 2.54. The van der Waals surface area contributed by atoms with Crippen LogP contribution in [0.15, 0.2) is 28.9 Å². The van der Waals surface area contributed by atoms with Crippen LogP contribution in [0.2, 0.25) is 0 Å². The fourth-order valence-electron chi connectivity index (χ4n) is 2.84. The third-order valence-corrected chi connectivity index (χ3v) is 4.01. The molecule has 1 aliphatic carbocycles. The lowest BCUT2D eigenvalue weighted by molar-refractivity contribution is -0.157. The molecule has 124 valence electrons. The van der Waals surface area contributed by atoms with Crippen molar-refractivity contribution in [3.63, 3.8) is 0 Å². The monoisotopic (exact) mass is 321 g/mol. The van der Waals surface area contributed by atoms with Gasteiger partial charge in [0.25, 0.3) is 0 Å². The molecule has 1 aromatic rings. The van der Waals surface area contributed by atoms with E-state index in [0.717, 1.165) is 0 Å². The second-order valence-corrected chi connectivity index (χ2v) is 5.23. The lowest BCUT2D eigenvalue weighted by Crippen LogP contribution is -2.54. The molecule has 1 heterocycles. The smallest absolute Gasteiger partial charge is 0.407 e. The van der Waals surface area contributed by atoms with Crippen LogP contribution >= 0.6 is 0 Å².